The lowest BCUT2D eigenvalue weighted by atomic mass is 10.1. The van der Waals surface area contributed by atoms with E-state index in [1.54, 1.807) is 24.3 Å². The quantitative estimate of drug-likeness (QED) is 0.667. The summed E-state index contributed by atoms with van der Waals surface area (Å²) >= 11 is 6.78. The van der Waals surface area contributed by atoms with Gasteiger partial charge in [0, 0.05) is 22.8 Å². The van der Waals surface area contributed by atoms with Crippen LogP contribution in [0, 0.1) is 0 Å². The number of para-hydroxylation sites is 1. The van der Waals surface area contributed by atoms with Gasteiger partial charge in [-0.3, -0.25) is 14.5 Å². The number of rotatable bonds is 4. The number of nitrogens with one attached hydrogen (secondary N) is 1. The van der Waals surface area contributed by atoms with Crippen molar-refractivity contribution in [3.8, 4) is 0 Å². The summed E-state index contributed by atoms with van der Waals surface area (Å²) in [6, 6.07) is 9.91. The molecule has 1 atom stereocenters. The van der Waals surface area contributed by atoms with Crippen molar-refractivity contribution in [3.63, 3.8) is 0 Å². The summed E-state index contributed by atoms with van der Waals surface area (Å²) in [4.78, 5) is 38.2. The van der Waals surface area contributed by atoms with Gasteiger partial charge in [0.1, 0.15) is 0 Å². The molecule has 2 aliphatic heterocycles. The number of alkyl halides is 3. The van der Waals surface area contributed by atoms with Crippen LogP contribution in [-0.2, 0) is 25.3 Å². The number of fused-ring (bicyclic) bond motifs is 3. The molecule has 1 saturated heterocycles. The lowest BCUT2D eigenvalue weighted by Crippen LogP contribution is -2.48. The van der Waals surface area contributed by atoms with E-state index in [1.807, 2.05) is 0 Å². The smallest absolute Gasteiger partial charge is 0.418 e. The van der Waals surface area contributed by atoms with Crippen molar-refractivity contribution in [3.05, 3.63) is 53.1 Å². The molecule has 0 bridgehead atoms. The fourth-order valence-corrected chi connectivity index (χ4v) is 5.15. The number of thioether (sulfide) groups is 1. The SMILES string of the molecule is O=C(COC(=O)C12CCC(=O)N1c1ccccc1S2)Nc1ccc(Cl)cc1C(F)(F)F. The third-order valence-electron chi connectivity index (χ3n) is 4.89. The molecule has 2 aromatic carbocycles. The molecule has 0 spiro atoms. The van der Waals surface area contributed by atoms with Crippen molar-refractivity contribution < 1.29 is 32.3 Å². The maximum absolute atomic E-state index is 13.2. The predicted octanol–water partition coefficient (Wildman–Crippen LogP) is 4.47. The fraction of sp³-hybridized carbons (Fsp3) is 0.250. The molecule has 0 aliphatic carbocycles. The minimum atomic E-state index is -4.74. The maximum atomic E-state index is 13.2. The van der Waals surface area contributed by atoms with Crippen LogP contribution in [0.1, 0.15) is 18.4 Å². The first-order chi connectivity index (χ1) is 14.6. The Hall–Kier alpha value is -2.72. The minimum absolute atomic E-state index is 0.139. The summed E-state index contributed by atoms with van der Waals surface area (Å²) in [6.07, 6.45) is -4.40. The summed E-state index contributed by atoms with van der Waals surface area (Å²) < 4.78 is 44.6. The number of nitrogens with zero attached hydrogens (tertiary/aromatic N) is 1. The van der Waals surface area contributed by atoms with Crippen molar-refractivity contribution in [2.24, 2.45) is 0 Å². The molecule has 11 heteroatoms. The maximum Gasteiger partial charge on any atom is 0.418 e. The number of carbonyl (C=O) groups is 3. The average Bonchev–Trinajstić information content (AvgIpc) is 3.22. The summed E-state index contributed by atoms with van der Waals surface area (Å²) in [5.74, 6) is -1.99. The van der Waals surface area contributed by atoms with E-state index in [4.69, 9.17) is 16.3 Å². The Morgan fingerprint density at radius 2 is 1.97 bits per heavy atom. The summed E-state index contributed by atoms with van der Waals surface area (Å²) in [5, 5.41) is 1.95. The van der Waals surface area contributed by atoms with Gasteiger partial charge >= 0.3 is 12.1 Å². The van der Waals surface area contributed by atoms with Crippen molar-refractivity contribution in [2.45, 2.75) is 28.8 Å². The van der Waals surface area contributed by atoms with E-state index in [9.17, 15) is 27.6 Å². The van der Waals surface area contributed by atoms with Crippen LogP contribution in [0.2, 0.25) is 5.02 Å². The average molecular weight is 471 g/mol. The van der Waals surface area contributed by atoms with Gasteiger partial charge in [0.25, 0.3) is 5.91 Å². The molecule has 2 amide bonds. The highest BCUT2D eigenvalue weighted by atomic mass is 35.5. The third-order valence-corrected chi connectivity index (χ3v) is 6.58. The molecule has 2 heterocycles. The van der Waals surface area contributed by atoms with Crippen LogP contribution >= 0.6 is 23.4 Å². The highest BCUT2D eigenvalue weighted by Gasteiger charge is 2.58. The molecular weight excluding hydrogens is 457 g/mol. The van der Waals surface area contributed by atoms with Gasteiger partial charge in [-0.15, -0.1) is 0 Å². The summed E-state index contributed by atoms with van der Waals surface area (Å²) in [6.45, 7) is -0.806. The van der Waals surface area contributed by atoms with Crippen LogP contribution in [0.25, 0.3) is 0 Å². The molecule has 1 unspecified atom stereocenters. The number of ether oxygens (including phenoxy) is 1. The van der Waals surface area contributed by atoms with Crippen LogP contribution in [0.4, 0.5) is 24.5 Å². The summed E-state index contributed by atoms with van der Waals surface area (Å²) in [7, 11) is 0. The Bertz CT molecular complexity index is 1090. The minimum Gasteiger partial charge on any atom is -0.453 e. The third kappa shape index (κ3) is 3.85. The fourth-order valence-electron chi connectivity index (χ4n) is 3.56. The Kier molecular flexibility index (Phi) is 5.38. The molecule has 4 rings (SSSR count). The normalized spacial score (nSPS) is 19.7. The molecular formula is C20H14ClF3N2O4S. The highest BCUT2D eigenvalue weighted by Crippen LogP contribution is 2.56. The second kappa shape index (κ2) is 7.76. The van der Waals surface area contributed by atoms with Gasteiger partial charge in [0.2, 0.25) is 5.91 Å². The number of esters is 1. The van der Waals surface area contributed by atoms with Gasteiger partial charge in [-0.25, -0.2) is 4.79 Å². The van der Waals surface area contributed by atoms with E-state index in [1.165, 1.54) is 11.0 Å². The van der Waals surface area contributed by atoms with Gasteiger partial charge in [-0.05, 0) is 30.3 Å². The lowest BCUT2D eigenvalue weighted by molar-refractivity contribution is -0.149. The predicted molar refractivity (Wildman–Crippen MR) is 108 cm³/mol. The monoisotopic (exact) mass is 470 g/mol. The first-order valence-electron chi connectivity index (χ1n) is 9.07. The van der Waals surface area contributed by atoms with Crippen LogP contribution in [0.15, 0.2) is 47.4 Å². The number of carbonyl (C=O) groups excluding carboxylic acids is 3. The van der Waals surface area contributed by atoms with E-state index < -0.39 is 40.8 Å². The zero-order valence-corrected chi connectivity index (χ0v) is 17.2. The Morgan fingerprint density at radius 1 is 1.23 bits per heavy atom. The molecule has 6 nitrogen and oxygen atoms in total. The van der Waals surface area contributed by atoms with Gasteiger partial charge in [-0.1, -0.05) is 35.5 Å². The molecule has 2 aromatic rings. The number of hydrogen-bond donors (Lipinski definition) is 1. The number of amides is 2. The van der Waals surface area contributed by atoms with Gasteiger partial charge in [-0.2, -0.15) is 13.2 Å². The number of benzene rings is 2. The number of anilines is 2. The second-order valence-electron chi connectivity index (χ2n) is 6.90. The molecule has 31 heavy (non-hydrogen) atoms. The van der Waals surface area contributed by atoms with Crippen LogP contribution in [0.5, 0.6) is 0 Å². The van der Waals surface area contributed by atoms with E-state index in [-0.39, 0.29) is 23.8 Å². The Labute approximate surface area is 183 Å². The zero-order valence-electron chi connectivity index (χ0n) is 15.7. The molecule has 0 radical (unpaired) electrons. The van der Waals surface area contributed by atoms with Gasteiger partial charge in [0.15, 0.2) is 11.5 Å². The Morgan fingerprint density at radius 3 is 2.71 bits per heavy atom. The van der Waals surface area contributed by atoms with E-state index in [2.05, 4.69) is 5.32 Å². The number of hydrogen-bond acceptors (Lipinski definition) is 5. The number of halogens is 4. The Balaban J connectivity index is 1.47. The van der Waals surface area contributed by atoms with Crippen LogP contribution < -0.4 is 10.2 Å². The summed E-state index contributed by atoms with van der Waals surface area (Å²) in [5.41, 5.74) is -1.03. The standard InChI is InChI=1S/C20H14ClF3N2O4S/c21-11-5-6-13(12(9-11)20(22,23)24)25-16(27)10-30-18(29)19-8-7-17(28)26(19)14-3-1-2-4-15(14)31-19/h1-6,9H,7-8,10H2,(H,25,27). The van der Waals surface area contributed by atoms with Gasteiger partial charge < -0.3 is 10.1 Å². The lowest BCUT2D eigenvalue weighted by Gasteiger charge is -2.28. The van der Waals surface area contributed by atoms with Crippen LogP contribution in [0.3, 0.4) is 0 Å². The van der Waals surface area contributed by atoms with Gasteiger partial charge in [0.05, 0.1) is 16.9 Å². The van der Waals surface area contributed by atoms with E-state index in [0.717, 1.165) is 22.7 Å². The first-order valence-corrected chi connectivity index (χ1v) is 10.3. The molecule has 2 aliphatic rings. The first kappa shape index (κ1) is 21.5. The molecule has 162 valence electrons. The zero-order chi connectivity index (χ0) is 22.4. The van der Waals surface area contributed by atoms with E-state index in [0.29, 0.717) is 11.8 Å². The van der Waals surface area contributed by atoms with E-state index >= 15 is 0 Å². The van der Waals surface area contributed by atoms with Crippen molar-refractivity contribution in [1.29, 1.82) is 0 Å². The van der Waals surface area contributed by atoms with Crippen molar-refractivity contribution in [2.75, 3.05) is 16.8 Å². The van der Waals surface area contributed by atoms with Crippen molar-refractivity contribution in [1.82, 2.24) is 0 Å². The highest BCUT2D eigenvalue weighted by molar-refractivity contribution is 8.02. The largest absolute Gasteiger partial charge is 0.453 e. The topological polar surface area (TPSA) is 75.7 Å². The second-order valence-corrected chi connectivity index (χ2v) is 8.65. The van der Waals surface area contributed by atoms with Crippen LogP contribution in [-0.4, -0.2) is 29.3 Å². The molecule has 0 aromatic heterocycles. The molecule has 0 saturated carbocycles. The molecule has 1 fully saturated rings. The van der Waals surface area contributed by atoms with Crippen molar-refractivity contribution >= 4 is 52.5 Å². The molecule has 1 N–H and O–H groups in total.